The van der Waals surface area contributed by atoms with Crippen LogP contribution in [-0.4, -0.2) is 28.9 Å². The van der Waals surface area contributed by atoms with Crippen molar-refractivity contribution in [3.8, 4) is 0 Å². The van der Waals surface area contributed by atoms with Gasteiger partial charge in [0.2, 0.25) is 0 Å². The molecule has 1 saturated heterocycles. The summed E-state index contributed by atoms with van der Waals surface area (Å²) < 4.78 is 0. The summed E-state index contributed by atoms with van der Waals surface area (Å²) in [6.45, 7) is 14.3. The summed E-state index contributed by atoms with van der Waals surface area (Å²) in [6, 6.07) is 0. The monoisotopic (exact) mass is 261 g/mol. The maximum atomic E-state index is 3.60. The van der Waals surface area contributed by atoms with Crippen molar-refractivity contribution in [1.29, 1.82) is 0 Å². The van der Waals surface area contributed by atoms with Gasteiger partial charge in [-0.1, -0.05) is 36.7 Å². The lowest BCUT2D eigenvalue weighted by molar-refractivity contribution is 0.124. The molecule has 84 valence electrons. The van der Waals surface area contributed by atoms with Crippen molar-refractivity contribution in [2.24, 2.45) is 11.3 Å². The number of halogens is 1. The van der Waals surface area contributed by atoms with Crippen molar-refractivity contribution in [2.45, 2.75) is 46.6 Å². The van der Waals surface area contributed by atoms with Crippen LogP contribution in [0.4, 0.5) is 0 Å². The molecule has 0 amide bonds. The molecule has 1 fully saturated rings. The summed E-state index contributed by atoms with van der Waals surface area (Å²) in [4.78, 5) is 2.65. The lowest BCUT2D eigenvalue weighted by Crippen LogP contribution is -2.44. The molecule has 0 aliphatic carbocycles. The van der Waals surface area contributed by atoms with Crippen molar-refractivity contribution < 1.29 is 0 Å². The van der Waals surface area contributed by atoms with E-state index in [0.29, 0.717) is 11.0 Å². The Morgan fingerprint density at radius 3 is 2.36 bits per heavy atom. The minimum Gasteiger partial charge on any atom is -0.297 e. The standard InChI is InChI=1S/C12H24BrN/c1-10-6-12(4,5)14(7-10)9-11(2,3)8-13/h10H,6-9H2,1-5H3. The van der Waals surface area contributed by atoms with E-state index >= 15 is 0 Å². The fourth-order valence-corrected chi connectivity index (χ4v) is 2.68. The molecule has 14 heavy (non-hydrogen) atoms. The zero-order valence-electron chi connectivity index (χ0n) is 10.2. The van der Waals surface area contributed by atoms with Crippen LogP contribution in [0.3, 0.4) is 0 Å². The molecule has 0 bridgehead atoms. The first kappa shape index (κ1) is 12.5. The first-order chi connectivity index (χ1) is 6.27. The Morgan fingerprint density at radius 1 is 1.43 bits per heavy atom. The Hall–Kier alpha value is 0.440. The minimum atomic E-state index is 0.390. The van der Waals surface area contributed by atoms with Gasteiger partial charge in [-0.3, -0.25) is 4.90 Å². The lowest BCUT2D eigenvalue weighted by atomic mass is 9.92. The van der Waals surface area contributed by atoms with Crippen LogP contribution in [0, 0.1) is 11.3 Å². The molecule has 1 rings (SSSR count). The quantitative estimate of drug-likeness (QED) is 0.703. The molecule has 0 N–H and O–H groups in total. The summed E-state index contributed by atoms with van der Waals surface area (Å²) in [6.07, 6.45) is 1.34. The van der Waals surface area contributed by atoms with E-state index in [1.807, 2.05) is 0 Å². The van der Waals surface area contributed by atoms with E-state index in [2.05, 4.69) is 55.4 Å². The summed E-state index contributed by atoms with van der Waals surface area (Å²) in [5, 5.41) is 1.08. The van der Waals surface area contributed by atoms with Gasteiger partial charge in [0.15, 0.2) is 0 Å². The highest BCUT2D eigenvalue weighted by Gasteiger charge is 2.38. The third kappa shape index (κ3) is 2.96. The zero-order valence-corrected chi connectivity index (χ0v) is 11.8. The maximum absolute atomic E-state index is 3.60. The number of hydrogen-bond donors (Lipinski definition) is 0. The molecule has 1 atom stereocenters. The zero-order chi connectivity index (χ0) is 11.0. The second kappa shape index (κ2) is 4.13. The Morgan fingerprint density at radius 2 is 2.00 bits per heavy atom. The highest BCUT2D eigenvalue weighted by atomic mass is 79.9. The summed E-state index contributed by atoms with van der Waals surface area (Å²) >= 11 is 3.60. The molecule has 0 aromatic carbocycles. The molecule has 1 heterocycles. The van der Waals surface area contributed by atoms with Gasteiger partial charge in [-0.2, -0.15) is 0 Å². The van der Waals surface area contributed by atoms with Gasteiger partial charge >= 0.3 is 0 Å². The second-order valence-corrected chi connectivity index (χ2v) is 6.86. The molecule has 1 unspecified atom stereocenters. The van der Waals surface area contributed by atoms with Crippen LogP contribution in [0.2, 0.25) is 0 Å². The molecule has 0 aromatic rings. The third-order valence-corrected chi connectivity index (χ3v) is 4.73. The Balaban J connectivity index is 2.61. The van der Waals surface area contributed by atoms with Gasteiger partial charge in [0, 0.05) is 24.0 Å². The SMILES string of the molecule is CC1CN(CC(C)(C)CBr)C(C)(C)C1. The van der Waals surface area contributed by atoms with Gasteiger partial charge in [-0.15, -0.1) is 0 Å². The predicted molar refractivity (Wildman–Crippen MR) is 67.0 cm³/mol. The van der Waals surface area contributed by atoms with E-state index in [-0.39, 0.29) is 0 Å². The van der Waals surface area contributed by atoms with E-state index in [0.717, 1.165) is 11.2 Å². The van der Waals surface area contributed by atoms with Crippen LogP contribution < -0.4 is 0 Å². The first-order valence-electron chi connectivity index (χ1n) is 5.58. The van der Waals surface area contributed by atoms with Crippen LogP contribution in [-0.2, 0) is 0 Å². The van der Waals surface area contributed by atoms with Gasteiger partial charge in [0.05, 0.1) is 0 Å². The second-order valence-electron chi connectivity index (χ2n) is 6.30. The van der Waals surface area contributed by atoms with E-state index < -0.39 is 0 Å². The molecular formula is C12H24BrN. The van der Waals surface area contributed by atoms with Crippen LogP contribution in [0.15, 0.2) is 0 Å². The van der Waals surface area contributed by atoms with Gasteiger partial charge < -0.3 is 0 Å². The van der Waals surface area contributed by atoms with E-state index in [1.165, 1.54) is 19.5 Å². The highest BCUT2D eigenvalue weighted by molar-refractivity contribution is 9.09. The van der Waals surface area contributed by atoms with E-state index in [1.54, 1.807) is 0 Å². The molecule has 0 spiro atoms. The number of rotatable bonds is 3. The van der Waals surface area contributed by atoms with Crippen LogP contribution in [0.25, 0.3) is 0 Å². The number of nitrogens with zero attached hydrogens (tertiary/aromatic N) is 1. The summed E-state index contributed by atoms with van der Waals surface area (Å²) in [5.74, 6) is 0.858. The summed E-state index contributed by atoms with van der Waals surface area (Å²) in [7, 11) is 0. The molecule has 0 saturated carbocycles. The van der Waals surface area contributed by atoms with Gasteiger partial charge in [0.1, 0.15) is 0 Å². The van der Waals surface area contributed by atoms with Crippen LogP contribution >= 0.6 is 15.9 Å². The van der Waals surface area contributed by atoms with Crippen molar-refractivity contribution >= 4 is 15.9 Å². The first-order valence-corrected chi connectivity index (χ1v) is 6.70. The van der Waals surface area contributed by atoms with Gasteiger partial charge in [-0.25, -0.2) is 0 Å². The number of alkyl halides is 1. The summed E-state index contributed by atoms with van der Waals surface area (Å²) in [5.41, 5.74) is 0.792. The Bertz CT molecular complexity index is 198. The molecule has 1 aliphatic heterocycles. The van der Waals surface area contributed by atoms with Crippen LogP contribution in [0.5, 0.6) is 0 Å². The molecule has 0 radical (unpaired) electrons. The number of hydrogen-bond acceptors (Lipinski definition) is 1. The fourth-order valence-electron chi connectivity index (χ4n) is 2.51. The third-order valence-electron chi connectivity index (χ3n) is 3.22. The van der Waals surface area contributed by atoms with Crippen molar-refractivity contribution in [1.82, 2.24) is 4.90 Å². The topological polar surface area (TPSA) is 3.24 Å². The van der Waals surface area contributed by atoms with Crippen molar-refractivity contribution in [3.63, 3.8) is 0 Å². The largest absolute Gasteiger partial charge is 0.297 e. The van der Waals surface area contributed by atoms with Gasteiger partial charge in [0.25, 0.3) is 0 Å². The normalized spacial score (nSPS) is 28.3. The smallest absolute Gasteiger partial charge is 0.0156 e. The Kier molecular flexibility index (Phi) is 3.69. The van der Waals surface area contributed by atoms with E-state index in [9.17, 15) is 0 Å². The predicted octanol–water partition coefficient (Wildman–Crippen LogP) is 3.53. The van der Waals surface area contributed by atoms with Crippen LogP contribution in [0.1, 0.15) is 41.0 Å². The van der Waals surface area contributed by atoms with Crippen molar-refractivity contribution in [2.75, 3.05) is 18.4 Å². The van der Waals surface area contributed by atoms with E-state index in [4.69, 9.17) is 0 Å². The molecular weight excluding hydrogens is 238 g/mol. The molecule has 1 aliphatic rings. The molecule has 0 aromatic heterocycles. The fraction of sp³-hybridized carbons (Fsp3) is 1.00. The lowest BCUT2D eigenvalue weighted by Gasteiger charge is -2.37. The maximum Gasteiger partial charge on any atom is 0.0156 e. The Labute approximate surface area is 97.4 Å². The average molecular weight is 262 g/mol. The number of likely N-dealkylation sites (tertiary alicyclic amines) is 1. The molecule has 1 nitrogen and oxygen atoms in total. The average Bonchev–Trinajstić information content (AvgIpc) is 2.24. The van der Waals surface area contributed by atoms with Crippen molar-refractivity contribution in [3.05, 3.63) is 0 Å². The highest BCUT2D eigenvalue weighted by Crippen LogP contribution is 2.35. The minimum absolute atomic E-state index is 0.390. The van der Waals surface area contributed by atoms with Gasteiger partial charge in [-0.05, 0) is 31.6 Å². The molecule has 2 heteroatoms.